The quantitative estimate of drug-likeness (QED) is 0.747. The summed E-state index contributed by atoms with van der Waals surface area (Å²) < 4.78 is 6.53. The second-order valence-corrected chi connectivity index (χ2v) is 8.66. The summed E-state index contributed by atoms with van der Waals surface area (Å²) >= 11 is 0. The van der Waals surface area contributed by atoms with Gasteiger partial charge in [0.05, 0.1) is 5.57 Å². The molecule has 4 heteroatoms. The van der Waals surface area contributed by atoms with Crippen LogP contribution in [0.1, 0.15) is 63.4 Å². The van der Waals surface area contributed by atoms with Crippen LogP contribution in [0.4, 0.5) is 0 Å². The largest absolute Gasteiger partial charge is 0.486 e. The number of rotatable bonds is 1. The minimum atomic E-state index is -0.444. The van der Waals surface area contributed by atoms with Crippen molar-refractivity contribution in [1.82, 2.24) is 4.98 Å². The van der Waals surface area contributed by atoms with Gasteiger partial charge < -0.3 is 4.74 Å². The SMILES string of the molecule is C[C@@]12OC3=C(C=C1CC[C@@H]1CC2CC(=O)[C@@H]1c1cccnc1)C(=O)CCC3. The van der Waals surface area contributed by atoms with E-state index in [1.165, 1.54) is 5.57 Å². The van der Waals surface area contributed by atoms with Crippen LogP contribution in [0.15, 0.2) is 47.5 Å². The third-order valence-corrected chi connectivity index (χ3v) is 7.16. The molecule has 1 aliphatic heterocycles. The summed E-state index contributed by atoms with van der Waals surface area (Å²) in [4.78, 5) is 29.7. The first-order valence-corrected chi connectivity index (χ1v) is 10.2. The molecule has 0 N–H and O–H groups in total. The zero-order chi connectivity index (χ0) is 18.6. The molecule has 4 atom stereocenters. The number of aromatic nitrogens is 1. The molecule has 0 aromatic carbocycles. The highest BCUT2D eigenvalue weighted by atomic mass is 16.5. The Bertz CT molecular complexity index is 869. The van der Waals surface area contributed by atoms with Gasteiger partial charge in [-0.2, -0.15) is 0 Å². The van der Waals surface area contributed by atoms with Crippen molar-refractivity contribution in [2.75, 3.05) is 0 Å². The average Bonchev–Trinajstić information content (AvgIpc) is 2.77. The highest BCUT2D eigenvalue weighted by Gasteiger charge is 2.52. The Morgan fingerprint density at radius 3 is 2.93 bits per heavy atom. The Hall–Kier alpha value is -2.23. The van der Waals surface area contributed by atoms with Crippen LogP contribution in [-0.2, 0) is 14.3 Å². The molecule has 2 fully saturated rings. The van der Waals surface area contributed by atoms with E-state index in [1.54, 1.807) is 6.20 Å². The number of hydrogen-bond donors (Lipinski definition) is 0. The highest BCUT2D eigenvalue weighted by Crippen LogP contribution is 2.53. The van der Waals surface area contributed by atoms with Crippen LogP contribution < -0.4 is 0 Å². The number of pyridine rings is 1. The molecule has 140 valence electrons. The highest BCUT2D eigenvalue weighted by molar-refractivity contribution is 5.99. The molecule has 2 bridgehead atoms. The monoisotopic (exact) mass is 363 g/mol. The minimum absolute atomic E-state index is 0.0523. The van der Waals surface area contributed by atoms with E-state index in [4.69, 9.17) is 4.74 Å². The molecule has 3 aliphatic carbocycles. The number of hydrogen-bond acceptors (Lipinski definition) is 4. The molecular weight excluding hydrogens is 338 g/mol. The van der Waals surface area contributed by atoms with Gasteiger partial charge in [0.1, 0.15) is 17.1 Å². The van der Waals surface area contributed by atoms with Gasteiger partial charge >= 0.3 is 0 Å². The Balaban J connectivity index is 1.51. The van der Waals surface area contributed by atoms with Gasteiger partial charge in [0.25, 0.3) is 0 Å². The van der Waals surface area contributed by atoms with Crippen LogP contribution in [0.3, 0.4) is 0 Å². The van der Waals surface area contributed by atoms with Crippen LogP contribution in [0, 0.1) is 11.8 Å². The number of carbonyl (C=O) groups is 2. The summed E-state index contributed by atoms with van der Waals surface area (Å²) in [7, 11) is 0. The molecule has 27 heavy (non-hydrogen) atoms. The maximum atomic E-state index is 13.1. The molecule has 5 rings (SSSR count). The smallest absolute Gasteiger partial charge is 0.166 e. The number of carbonyl (C=O) groups excluding carboxylic acids is 2. The van der Waals surface area contributed by atoms with E-state index in [2.05, 4.69) is 18.0 Å². The first-order valence-electron chi connectivity index (χ1n) is 10.2. The molecule has 1 unspecified atom stereocenters. The molecule has 4 aliphatic rings. The zero-order valence-corrected chi connectivity index (χ0v) is 15.7. The Morgan fingerprint density at radius 1 is 1.22 bits per heavy atom. The molecule has 1 aromatic heterocycles. The summed E-state index contributed by atoms with van der Waals surface area (Å²) in [6.07, 6.45) is 11.4. The molecule has 0 spiro atoms. The number of ketones is 2. The summed E-state index contributed by atoms with van der Waals surface area (Å²) in [6, 6.07) is 3.95. The van der Waals surface area contributed by atoms with E-state index in [0.717, 1.165) is 49.0 Å². The molecule has 2 saturated carbocycles. The number of ether oxygens (including phenoxy) is 1. The van der Waals surface area contributed by atoms with Crippen molar-refractivity contribution in [3.05, 3.63) is 53.1 Å². The number of fused-ring (bicyclic) bond motifs is 4. The van der Waals surface area contributed by atoms with E-state index in [1.807, 2.05) is 18.3 Å². The second kappa shape index (κ2) is 6.15. The van der Waals surface area contributed by atoms with Gasteiger partial charge in [-0.25, -0.2) is 0 Å². The summed E-state index contributed by atoms with van der Waals surface area (Å²) in [5.74, 6) is 1.83. The predicted molar refractivity (Wildman–Crippen MR) is 101 cm³/mol. The van der Waals surface area contributed by atoms with Crippen LogP contribution in [-0.4, -0.2) is 22.2 Å². The lowest BCUT2D eigenvalue weighted by molar-refractivity contribution is -0.129. The van der Waals surface area contributed by atoms with Crippen molar-refractivity contribution in [2.45, 2.75) is 63.4 Å². The van der Waals surface area contributed by atoms with Crippen LogP contribution in [0.25, 0.3) is 0 Å². The molecule has 0 radical (unpaired) electrons. The standard InChI is InChI=1S/C23H25NO3/c1-23-16(11-18-19(25)5-2-6-21(18)27-23)8-7-14-10-17(23)12-20(26)22(14)15-4-3-9-24-13-15/h3-4,9,11,13-14,17,22H,2,5-8,10,12H2,1H3/t14-,17?,22+,23-/m1/s1. The van der Waals surface area contributed by atoms with Crippen LogP contribution >= 0.6 is 0 Å². The maximum Gasteiger partial charge on any atom is 0.166 e. The third-order valence-electron chi connectivity index (χ3n) is 7.16. The molecule has 2 heterocycles. The van der Waals surface area contributed by atoms with Crippen LogP contribution in [0.5, 0.6) is 0 Å². The van der Waals surface area contributed by atoms with E-state index in [0.29, 0.717) is 24.5 Å². The second-order valence-electron chi connectivity index (χ2n) is 8.66. The van der Waals surface area contributed by atoms with Crippen molar-refractivity contribution in [3.63, 3.8) is 0 Å². The topological polar surface area (TPSA) is 56.3 Å². The maximum absolute atomic E-state index is 13.1. The Labute approximate surface area is 159 Å². The fourth-order valence-electron chi connectivity index (χ4n) is 5.69. The molecular formula is C23H25NO3. The Kier molecular flexibility index (Phi) is 3.85. The third kappa shape index (κ3) is 2.60. The lowest BCUT2D eigenvalue weighted by atomic mass is 9.66. The van der Waals surface area contributed by atoms with E-state index in [9.17, 15) is 9.59 Å². The van der Waals surface area contributed by atoms with Gasteiger partial charge in [-0.15, -0.1) is 0 Å². The number of nitrogens with zero attached hydrogens (tertiary/aromatic N) is 1. The van der Waals surface area contributed by atoms with Crippen molar-refractivity contribution in [3.8, 4) is 0 Å². The number of Topliss-reactive ketones (excluding diaryl/α,β-unsaturated/α-hetero) is 2. The molecule has 1 aromatic rings. The van der Waals surface area contributed by atoms with Gasteiger partial charge in [-0.1, -0.05) is 6.07 Å². The van der Waals surface area contributed by atoms with Gasteiger partial charge in [-0.3, -0.25) is 14.6 Å². The normalized spacial score (nSPS) is 35.6. The molecule has 0 amide bonds. The molecule has 0 saturated heterocycles. The molecule has 4 nitrogen and oxygen atoms in total. The van der Waals surface area contributed by atoms with Gasteiger partial charge in [-0.05, 0) is 61.8 Å². The first kappa shape index (κ1) is 16.9. The Morgan fingerprint density at radius 2 is 2.11 bits per heavy atom. The van der Waals surface area contributed by atoms with E-state index in [-0.39, 0.29) is 17.6 Å². The van der Waals surface area contributed by atoms with E-state index >= 15 is 0 Å². The van der Waals surface area contributed by atoms with Gasteiger partial charge in [0, 0.05) is 43.5 Å². The predicted octanol–water partition coefficient (Wildman–Crippen LogP) is 4.28. The van der Waals surface area contributed by atoms with Crippen LogP contribution in [0.2, 0.25) is 0 Å². The first-order chi connectivity index (χ1) is 13.1. The van der Waals surface area contributed by atoms with Crippen molar-refractivity contribution < 1.29 is 14.3 Å². The van der Waals surface area contributed by atoms with Gasteiger partial charge in [0.15, 0.2) is 5.78 Å². The van der Waals surface area contributed by atoms with Crippen molar-refractivity contribution >= 4 is 11.6 Å². The van der Waals surface area contributed by atoms with Crippen molar-refractivity contribution in [1.29, 1.82) is 0 Å². The van der Waals surface area contributed by atoms with E-state index < -0.39 is 5.60 Å². The lowest BCUT2D eigenvalue weighted by Gasteiger charge is -2.45. The minimum Gasteiger partial charge on any atom is -0.486 e. The summed E-state index contributed by atoms with van der Waals surface area (Å²) in [5.41, 5.74) is 2.60. The fraction of sp³-hybridized carbons (Fsp3) is 0.522. The fourth-order valence-corrected chi connectivity index (χ4v) is 5.69. The zero-order valence-electron chi connectivity index (χ0n) is 15.7. The average molecular weight is 363 g/mol. The summed E-state index contributed by atoms with van der Waals surface area (Å²) in [5, 5.41) is 0. The van der Waals surface area contributed by atoms with Gasteiger partial charge in [0.2, 0.25) is 0 Å². The lowest BCUT2D eigenvalue weighted by Crippen LogP contribution is -2.45. The van der Waals surface area contributed by atoms with Crippen molar-refractivity contribution in [2.24, 2.45) is 11.8 Å². The number of allylic oxidation sites excluding steroid dienone is 3. The summed E-state index contributed by atoms with van der Waals surface area (Å²) in [6.45, 7) is 2.15.